The number of para-hydroxylation sites is 1. The number of carbonyl (C=O) groups is 2. The van der Waals surface area contributed by atoms with Crippen LogP contribution in [0.25, 0.3) is 0 Å². The maximum atomic E-state index is 12.0. The second-order valence-corrected chi connectivity index (χ2v) is 6.69. The van der Waals surface area contributed by atoms with E-state index in [-0.39, 0.29) is 23.1 Å². The van der Waals surface area contributed by atoms with E-state index in [2.05, 4.69) is 40.4 Å². The van der Waals surface area contributed by atoms with Crippen LogP contribution in [0.4, 0.5) is 5.69 Å². The summed E-state index contributed by atoms with van der Waals surface area (Å²) >= 11 is 3.34. The highest BCUT2D eigenvalue weighted by Gasteiger charge is 2.14. The minimum Gasteiger partial charge on any atom is -0.355 e. The van der Waals surface area contributed by atoms with Gasteiger partial charge >= 0.3 is 0 Å². The summed E-state index contributed by atoms with van der Waals surface area (Å²) in [6.07, 6.45) is 2.00. The largest absolute Gasteiger partial charge is 0.355 e. The summed E-state index contributed by atoms with van der Waals surface area (Å²) < 4.78 is 0. The molecular formula is C17H25BrN2O2. The number of halogens is 1. The standard InChI is InChI=1S/C17H25BrN2O2/c1-4-7-14(18)17(22)19-11-10-16(21)20-15-9-6-5-8-13(15)12(2)3/h5-6,8-9,12,14H,4,7,10-11H2,1-3H3,(H,19,22)(H,20,21)/t14-/m1/s1. The zero-order chi connectivity index (χ0) is 16.5. The van der Waals surface area contributed by atoms with Crippen LogP contribution in [0.15, 0.2) is 24.3 Å². The minimum absolute atomic E-state index is 0.0581. The lowest BCUT2D eigenvalue weighted by Crippen LogP contribution is -2.33. The fraction of sp³-hybridized carbons (Fsp3) is 0.529. The first-order valence-corrected chi connectivity index (χ1v) is 8.67. The van der Waals surface area contributed by atoms with Crippen LogP contribution in [0.1, 0.15) is 51.5 Å². The molecule has 1 aromatic carbocycles. The maximum Gasteiger partial charge on any atom is 0.233 e. The molecule has 0 saturated carbocycles. The monoisotopic (exact) mass is 368 g/mol. The second kappa shape index (κ2) is 9.62. The number of amides is 2. The third kappa shape index (κ3) is 6.18. The van der Waals surface area contributed by atoms with E-state index in [0.29, 0.717) is 12.5 Å². The summed E-state index contributed by atoms with van der Waals surface area (Å²) in [7, 11) is 0. The molecule has 0 aliphatic heterocycles. The van der Waals surface area contributed by atoms with Crippen molar-refractivity contribution in [2.24, 2.45) is 0 Å². The molecule has 0 spiro atoms. The van der Waals surface area contributed by atoms with Crippen LogP contribution in [0.3, 0.4) is 0 Å². The lowest BCUT2D eigenvalue weighted by atomic mass is 10.0. The van der Waals surface area contributed by atoms with Crippen molar-refractivity contribution in [2.75, 3.05) is 11.9 Å². The van der Waals surface area contributed by atoms with Gasteiger partial charge in [0.25, 0.3) is 0 Å². The molecule has 1 aromatic rings. The van der Waals surface area contributed by atoms with Crippen molar-refractivity contribution in [3.63, 3.8) is 0 Å². The van der Waals surface area contributed by atoms with Crippen LogP contribution < -0.4 is 10.6 Å². The molecule has 0 fully saturated rings. The van der Waals surface area contributed by atoms with Gasteiger partial charge in [0.15, 0.2) is 0 Å². The SMILES string of the molecule is CCC[C@@H](Br)C(=O)NCCC(=O)Nc1ccccc1C(C)C. The normalized spacial score (nSPS) is 12.0. The van der Waals surface area contributed by atoms with E-state index >= 15 is 0 Å². The van der Waals surface area contributed by atoms with Crippen molar-refractivity contribution >= 4 is 33.4 Å². The average Bonchev–Trinajstić information content (AvgIpc) is 2.47. The number of nitrogens with one attached hydrogen (secondary N) is 2. The van der Waals surface area contributed by atoms with E-state index < -0.39 is 0 Å². The Kier molecular flexibility index (Phi) is 8.17. The molecule has 1 atom stereocenters. The highest BCUT2D eigenvalue weighted by Crippen LogP contribution is 2.23. The fourth-order valence-corrected chi connectivity index (χ4v) is 2.74. The predicted molar refractivity (Wildman–Crippen MR) is 94.4 cm³/mol. The van der Waals surface area contributed by atoms with Crippen molar-refractivity contribution in [3.8, 4) is 0 Å². The average molecular weight is 369 g/mol. The van der Waals surface area contributed by atoms with Gasteiger partial charge in [0, 0.05) is 18.7 Å². The van der Waals surface area contributed by atoms with Crippen molar-refractivity contribution in [2.45, 2.75) is 50.8 Å². The fourth-order valence-electron chi connectivity index (χ4n) is 2.12. The Hall–Kier alpha value is -1.36. The number of hydrogen-bond acceptors (Lipinski definition) is 2. The Morgan fingerprint density at radius 2 is 1.91 bits per heavy atom. The Labute approximate surface area is 141 Å². The van der Waals surface area contributed by atoms with E-state index in [9.17, 15) is 9.59 Å². The molecule has 2 amide bonds. The van der Waals surface area contributed by atoms with E-state index in [1.807, 2.05) is 31.2 Å². The van der Waals surface area contributed by atoms with E-state index in [0.717, 1.165) is 24.1 Å². The van der Waals surface area contributed by atoms with Crippen molar-refractivity contribution in [3.05, 3.63) is 29.8 Å². The summed E-state index contributed by atoms with van der Waals surface area (Å²) in [5.74, 6) is 0.201. The molecule has 0 unspecified atom stereocenters. The molecule has 0 bridgehead atoms. The molecular weight excluding hydrogens is 344 g/mol. The Morgan fingerprint density at radius 3 is 2.55 bits per heavy atom. The first-order valence-electron chi connectivity index (χ1n) is 7.76. The number of alkyl halides is 1. The van der Waals surface area contributed by atoms with Gasteiger partial charge in [-0.3, -0.25) is 9.59 Å². The van der Waals surface area contributed by atoms with Crippen LogP contribution in [0.2, 0.25) is 0 Å². The van der Waals surface area contributed by atoms with Crippen LogP contribution in [-0.4, -0.2) is 23.2 Å². The third-order valence-electron chi connectivity index (χ3n) is 3.33. The van der Waals surface area contributed by atoms with E-state index in [1.165, 1.54) is 0 Å². The van der Waals surface area contributed by atoms with Crippen molar-refractivity contribution < 1.29 is 9.59 Å². The second-order valence-electron chi connectivity index (χ2n) is 5.59. The smallest absolute Gasteiger partial charge is 0.233 e. The van der Waals surface area contributed by atoms with Gasteiger partial charge in [-0.25, -0.2) is 0 Å². The molecule has 22 heavy (non-hydrogen) atoms. The van der Waals surface area contributed by atoms with Crippen LogP contribution >= 0.6 is 15.9 Å². The van der Waals surface area contributed by atoms with Gasteiger partial charge in [-0.05, 0) is 24.0 Å². The molecule has 0 aliphatic carbocycles. The highest BCUT2D eigenvalue weighted by molar-refractivity contribution is 9.10. The van der Waals surface area contributed by atoms with E-state index in [1.54, 1.807) is 0 Å². The van der Waals surface area contributed by atoms with Crippen LogP contribution in [0.5, 0.6) is 0 Å². The van der Waals surface area contributed by atoms with Crippen LogP contribution in [0, 0.1) is 0 Å². The van der Waals surface area contributed by atoms with Gasteiger partial charge in [-0.1, -0.05) is 61.3 Å². The predicted octanol–water partition coefficient (Wildman–Crippen LogP) is 3.82. The van der Waals surface area contributed by atoms with E-state index in [4.69, 9.17) is 0 Å². The molecule has 5 heteroatoms. The number of anilines is 1. The summed E-state index contributed by atoms with van der Waals surface area (Å²) in [4.78, 5) is 23.5. The van der Waals surface area contributed by atoms with Crippen molar-refractivity contribution in [1.82, 2.24) is 5.32 Å². The van der Waals surface area contributed by atoms with Gasteiger partial charge in [0.05, 0.1) is 4.83 Å². The number of carbonyl (C=O) groups excluding carboxylic acids is 2. The van der Waals surface area contributed by atoms with Gasteiger partial charge in [-0.2, -0.15) is 0 Å². The first kappa shape index (κ1) is 18.7. The molecule has 0 aliphatic rings. The Balaban J connectivity index is 2.43. The molecule has 0 saturated heterocycles. The summed E-state index contributed by atoms with van der Waals surface area (Å²) in [6, 6.07) is 7.79. The molecule has 0 heterocycles. The first-order chi connectivity index (χ1) is 10.5. The number of benzene rings is 1. The van der Waals surface area contributed by atoms with Gasteiger partial charge in [0.2, 0.25) is 11.8 Å². The minimum atomic E-state index is -0.178. The lowest BCUT2D eigenvalue weighted by Gasteiger charge is -2.14. The molecule has 0 radical (unpaired) electrons. The highest BCUT2D eigenvalue weighted by atomic mass is 79.9. The topological polar surface area (TPSA) is 58.2 Å². The van der Waals surface area contributed by atoms with Gasteiger partial charge in [0.1, 0.15) is 0 Å². The van der Waals surface area contributed by atoms with Crippen LogP contribution in [-0.2, 0) is 9.59 Å². The maximum absolute atomic E-state index is 12.0. The third-order valence-corrected chi connectivity index (χ3v) is 4.21. The molecule has 0 aromatic heterocycles. The molecule has 2 N–H and O–H groups in total. The summed E-state index contributed by atoms with van der Waals surface area (Å²) in [6.45, 7) is 6.56. The molecule has 122 valence electrons. The Bertz CT molecular complexity index is 503. The Morgan fingerprint density at radius 1 is 1.23 bits per heavy atom. The molecule has 4 nitrogen and oxygen atoms in total. The number of hydrogen-bond donors (Lipinski definition) is 2. The van der Waals surface area contributed by atoms with Gasteiger partial charge < -0.3 is 10.6 Å². The molecule has 1 rings (SSSR count). The summed E-state index contributed by atoms with van der Waals surface area (Å²) in [5.41, 5.74) is 1.96. The van der Waals surface area contributed by atoms with Gasteiger partial charge in [-0.15, -0.1) is 0 Å². The summed E-state index contributed by atoms with van der Waals surface area (Å²) in [5, 5.41) is 5.69. The quantitative estimate of drug-likeness (QED) is 0.685. The zero-order valence-corrected chi connectivity index (χ0v) is 15.1. The number of rotatable bonds is 8. The lowest BCUT2D eigenvalue weighted by molar-refractivity contribution is -0.120. The zero-order valence-electron chi connectivity index (χ0n) is 13.5. The van der Waals surface area contributed by atoms with Crippen molar-refractivity contribution in [1.29, 1.82) is 0 Å².